The second kappa shape index (κ2) is 11.9. The smallest absolute Gasteiger partial charge is 0.330 e. The Labute approximate surface area is 182 Å². The van der Waals surface area contributed by atoms with Gasteiger partial charge in [-0.1, -0.05) is 12.1 Å². The Balaban J connectivity index is 1.98. The molecule has 0 aliphatic carbocycles. The topological polar surface area (TPSA) is 203 Å². The Morgan fingerprint density at radius 1 is 1.09 bits per heavy atom. The summed E-state index contributed by atoms with van der Waals surface area (Å²) in [5, 5.41) is 67.2. The molecule has 0 unspecified atom stereocenters. The van der Waals surface area contributed by atoms with Crippen LogP contribution < -0.4 is 0 Å². The highest BCUT2D eigenvalue weighted by Crippen LogP contribution is 2.25. The summed E-state index contributed by atoms with van der Waals surface area (Å²) in [6.45, 7) is -1.38. The molecule has 32 heavy (non-hydrogen) atoms. The van der Waals surface area contributed by atoms with Gasteiger partial charge in [0.2, 0.25) is 0 Å². The fraction of sp³-hybridized carbons (Fsp3) is 0.500. The average molecular weight is 458 g/mol. The molecule has 2 rings (SSSR count). The predicted molar refractivity (Wildman–Crippen MR) is 105 cm³/mol. The van der Waals surface area contributed by atoms with E-state index in [1.807, 2.05) is 0 Å². The number of benzene rings is 1. The van der Waals surface area contributed by atoms with E-state index in [4.69, 9.17) is 24.4 Å². The fourth-order valence-electron chi connectivity index (χ4n) is 2.87. The summed E-state index contributed by atoms with van der Waals surface area (Å²) in [7, 11) is 0. The first kappa shape index (κ1) is 25.7. The molecule has 1 heterocycles. The third-order valence-corrected chi connectivity index (χ3v) is 4.66. The van der Waals surface area contributed by atoms with E-state index in [2.05, 4.69) is 0 Å². The van der Waals surface area contributed by atoms with Gasteiger partial charge in [0, 0.05) is 6.08 Å². The average Bonchev–Trinajstić information content (AvgIpc) is 2.76. The van der Waals surface area contributed by atoms with E-state index in [-0.39, 0.29) is 5.75 Å². The zero-order chi connectivity index (χ0) is 23.8. The largest absolute Gasteiger partial charge is 0.508 e. The minimum Gasteiger partial charge on any atom is -0.508 e. The molecule has 12 heteroatoms. The van der Waals surface area contributed by atoms with Gasteiger partial charge in [0.15, 0.2) is 6.29 Å². The second-order valence-electron chi connectivity index (χ2n) is 7.09. The van der Waals surface area contributed by atoms with Crippen molar-refractivity contribution in [2.24, 2.45) is 0 Å². The van der Waals surface area contributed by atoms with E-state index in [1.165, 1.54) is 18.2 Å². The van der Waals surface area contributed by atoms with Gasteiger partial charge in [0.25, 0.3) is 0 Å². The molecule has 0 bridgehead atoms. The van der Waals surface area contributed by atoms with Crippen molar-refractivity contribution in [1.82, 2.24) is 0 Å². The van der Waals surface area contributed by atoms with E-state index >= 15 is 0 Å². The van der Waals surface area contributed by atoms with Crippen LogP contribution in [0.4, 0.5) is 0 Å². The van der Waals surface area contributed by atoms with Crippen LogP contribution in [0.1, 0.15) is 12.0 Å². The highest BCUT2D eigenvalue weighted by molar-refractivity contribution is 5.87. The van der Waals surface area contributed by atoms with Gasteiger partial charge in [-0.25, -0.2) is 4.79 Å². The molecule has 0 amide bonds. The zero-order valence-electron chi connectivity index (χ0n) is 16.8. The number of ether oxygens (including phenoxy) is 3. The Bertz CT molecular complexity index is 779. The molecule has 1 saturated heterocycles. The standard InChI is InChI=1S/C20H26O12/c21-8-12(23)13(7-15(24)25)31-20-19(29)18(28)17(27)14(32-20)9-30-16(26)6-3-10-1-4-11(22)5-2-10/h1-6,12-14,17-23,27-29H,7-9H2,(H,24,25)/t12-,13+,14-,17-,18+,19-,20-/m1/s1. The van der Waals surface area contributed by atoms with Gasteiger partial charge < -0.3 is 50.0 Å². The van der Waals surface area contributed by atoms with Crippen LogP contribution in [0.5, 0.6) is 5.75 Å². The number of aliphatic carboxylic acids is 1. The van der Waals surface area contributed by atoms with Crippen molar-refractivity contribution in [3.8, 4) is 5.75 Å². The number of carbonyl (C=O) groups excluding carboxylic acids is 1. The number of hydrogen-bond acceptors (Lipinski definition) is 11. The molecule has 0 radical (unpaired) electrons. The summed E-state index contributed by atoms with van der Waals surface area (Å²) in [6, 6.07) is 5.97. The van der Waals surface area contributed by atoms with E-state index in [0.717, 1.165) is 6.08 Å². The summed E-state index contributed by atoms with van der Waals surface area (Å²) in [5.41, 5.74) is 0.604. The summed E-state index contributed by atoms with van der Waals surface area (Å²) >= 11 is 0. The molecule has 0 spiro atoms. The molecule has 1 aliphatic heterocycles. The summed E-state index contributed by atoms with van der Waals surface area (Å²) in [6.07, 6.45) is -9.65. The van der Waals surface area contributed by atoms with Crippen LogP contribution in [0.15, 0.2) is 30.3 Å². The van der Waals surface area contributed by atoms with Crippen LogP contribution in [-0.2, 0) is 23.8 Å². The van der Waals surface area contributed by atoms with Crippen molar-refractivity contribution in [3.05, 3.63) is 35.9 Å². The molecule has 1 aromatic rings. The highest BCUT2D eigenvalue weighted by atomic mass is 16.7. The maximum Gasteiger partial charge on any atom is 0.330 e. The van der Waals surface area contributed by atoms with Gasteiger partial charge in [0.1, 0.15) is 42.9 Å². The Morgan fingerprint density at radius 3 is 2.34 bits per heavy atom. The summed E-state index contributed by atoms with van der Waals surface area (Å²) < 4.78 is 15.5. The molecular weight excluding hydrogens is 432 g/mol. The quantitative estimate of drug-likeness (QED) is 0.150. The number of esters is 1. The lowest BCUT2D eigenvalue weighted by molar-refractivity contribution is -0.318. The number of aromatic hydroxyl groups is 1. The van der Waals surface area contributed by atoms with Gasteiger partial charge in [0.05, 0.1) is 19.1 Å². The molecular formula is C20H26O12. The lowest BCUT2D eigenvalue weighted by atomic mass is 9.99. The number of phenolic OH excluding ortho intramolecular Hbond substituents is 1. The first-order chi connectivity index (χ1) is 15.1. The van der Waals surface area contributed by atoms with Crippen LogP contribution in [0.3, 0.4) is 0 Å². The number of aliphatic hydroxyl groups is 5. The van der Waals surface area contributed by atoms with Crippen LogP contribution in [0, 0.1) is 0 Å². The van der Waals surface area contributed by atoms with E-state index in [0.29, 0.717) is 5.56 Å². The van der Waals surface area contributed by atoms with E-state index in [9.17, 15) is 35.1 Å². The molecule has 12 nitrogen and oxygen atoms in total. The van der Waals surface area contributed by atoms with Crippen molar-refractivity contribution in [2.75, 3.05) is 13.2 Å². The third kappa shape index (κ3) is 7.24. The number of rotatable bonds is 10. The molecule has 178 valence electrons. The van der Waals surface area contributed by atoms with Gasteiger partial charge in [-0.05, 0) is 23.8 Å². The first-order valence-corrected chi connectivity index (χ1v) is 9.62. The third-order valence-electron chi connectivity index (χ3n) is 4.66. The molecule has 0 aromatic heterocycles. The molecule has 1 fully saturated rings. The van der Waals surface area contributed by atoms with Crippen LogP contribution in [0.2, 0.25) is 0 Å². The van der Waals surface area contributed by atoms with Crippen LogP contribution in [-0.4, -0.2) is 104 Å². The lowest BCUT2D eigenvalue weighted by Gasteiger charge is -2.41. The second-order valence-corrected chi connectivity index (χ2v) is 7.09. The van der Waals surface area contributed by atoms with E-state index in [1.54, 1.807) is 12.1 Å². The van der Waals surface area contributed by atoms with Crippen molar-refractivity contribution in [1.29, 1.82) is 0 Å². The van der Waals surface area contributed by atoms with Gasteiger partial charge in [-0.3, -0.25) is 4.79 Å². The van der Waals surface area contributed by atoms with Gasteiger partial charge in [-0.15, -0.1) is 0 Å². The van der Waals surface area contributed by atoms with Gasteiger partial charge >= 0.3 is 11.9 Å². The van der Waals surface area contributed by atoms with Crippen LogP contribution >= 0.6 is 0 Å². The number of hydrogen-bond donors (Lipinski definition) is 7. The molecule has 0 saturated carbocycles. The number of carboxylic acids is 1. The monoisotopic (exact) mass is 458 g/mol. The predicted octanol–water partition coefficient (Wildman–Crippen LogP) is -2.03. The molecule has 1 aromatic carbocycles. The van der Waals surface area contributed by atoms with Gasteiger partial charge in [-0.2, -0.15) is 0 Å². The van der Waals surface area contributed by atoms with Crippen molar-refractivity contribution in [2.45, 2.75) is 49.3 Å². The van der Waals surface area contributed by atoms with Crippen molar-refractivity contribution >= 4 is 18.0 Å². The van der Waals surface area contributed by atoms with E-state index < -0.39 is 74.5 Å². The maximum absolute atomic E-state index is 11.9. The normalized spacial score (nSPS) is 27.7. The first-order valence-electron chi connectivity index (χ1n) is 9.62. The minimum atomic E-state index is -1.81. The zero-order valence-corrected chi connectivity index (χ0v) is 16.8. The fourth-order valence-corrected chi connectivity index (χ4v) is 2.87. The highest BCUT2D eigenvalue weighted by Gasteiger charge is 2.46. The SMILES string of the molecule is O=C(O)C[C@H](O[C@@H]1O[C@H](COC(=O)C=Cc2ccc(O)cc2)[C@@H](O)[C@H](O)[C@H]1O)[C@H](O)CO. The Hall–Kier alpha value is -2.58. The Morgan fingerprint density at radius 2 is 1.75 bits per heavy atom. The number of aliphatic hydroxyl groups excluding tert-OH is 5. The number of carbonyl (C=O) groups is 2. The summed E-state index contributed by atoms with van der Waals surface area (Å²) in [5.74, 6) is -2.12. The van der Waals surface area contributed by atoms with Crippen LogP contribution in [0.25, 0.3) is 6.08 Å². The Kier molecular flexibility index (Phi) is 9.53. The number of carboxylic acid groups (broad SMARTS) is 1. The maximum atomic E-state index is 11.9. The lowest BCUT2D eigenvalue weighted by Crippen LogP contribution is -2.60. The van der Waals surface area contributed by atoms with Crippen molar-refractivity contribution < 1.29 is 59.5 Å². The number of phenols is 1. The minimum absolute atomic E-state index is 0.0581. The molecule has 7 atom stereocenters. The molecule has 7 N–H and O–H groups in total. The molecule has 1 aliphatic rings. The summed E-state index contributed by atoms with van der Waals surface area (Å²) in [4.78, 5) is 22.9. The van der Waals surface area contributed by atoms with Crippen molar-refractivity contribution in [3.63, 3.8) is 0 Å².